The predicted molar refractivity (Wildman–Crippen MR) is 46.9 cm³/mol. The number of rotatable bonds is 3. The summed E-state index contributed by atoms with van der Waals surface area (Å²) in [6.45, 7) is 1.81. The van der Waals surface area contributed by atoms with E-state index in [2.05, 4.69) is 9.84 Å². The Morgan fingerprint density at radius 2 is 2.38 bits per heavy atom. The molecule has 2 unspecified atom stereocenters. The summed E-state index contributed by atoms with van der Waals surface area (Å²) >= 11 is 0. The van der Waals surface area contributed by atoms with Crippen LogP contribution in [0.2, 0.25) is 0 Å². The monoisotopic (exact) mass is 183 g/mol. The molecule has 0 radical (unpaired) electrons. The SMILES string of the molecule is COC(=O)C(N)C(C)n1cccn1. The highest BCUT2D eigenvalue weighted by Gasteiger charge is 2.22. The van der Waals surface area contributed by atoms with Gasteiger partial charge in [0, 0.05) is 12.4 Å². The standard InChI is InChI=1S/C8H13N3O2/c1-6(7(9)8(12)13-2)11-5-3-4-10-11/h3-7H,9H2,1-2H3. The number of carbonyl (C=O) groups is 1. The number of nitrogens with zero attached hydrogens (tertiary/aromatic N) is 2. The molecule has 0 spiro atoms. The first-order chi connectivity index (χ1) is 6.16. The molecule has 0 aliphatic rings. The van der Waals surface area contributed by atoms with Gasteiger partial charge in [0.05, 0.1) is 13.2 Å². The maximum Gasteiger partial charge on any atom is 0.324 e. The summed E-state index contributed by atoms with van der Waals surface area (Å²) in [5.41, 5.74) is 5.63. The van der Waals surface area contributed by atoms with Crippen LogP contribution in [0.25, 0.3) is 0 Å². The summed E-state index contributed by atoms with van der Waals surface area (Å²) < 4.78 is 6.15. The molecule has 72 valence electrons. The zero-order valence-electron chi connectivity index (χ0n) is 7.68. The maximum absolute atomic E-state index is 11.1. The summed E-state index contributed by atoms with van der Waals surface area (Å²) in [4.78, 5) is 11.1. The lowest BCUT2D eigenvalue weighted by Gasteiger charge is -2.17. The van der Waals surface area contributed by atoms with Crippen molar-refractivity contribution < 1.29 is 9.53 Å². The molecule has 1 rings (SSSR count). The zero-order valence-corrected chi connectivity index (χ0v) is 7.68. The van der Waals surface area contributed by atoms with Crippen molar-refractivity contribution in [2.75, 3.05) is 7.11 Å². The van der Waals surface area contributed by atoms with Gasteiger partial charge in [-0.25, -0.2) is 0 Å². The minimum atomic E-state index is -0.676. The number of nitrogens with two attached hydrogens (primary N) is 1. The number of esters is 1. The molecule has 1 aromatic rings. The Labute approximate surface area is 76.5 Å². The lowest BCUT2D eigenvalue weighted by Crippen LogP contribution is -2.39. The summed E-state index contributed by atoms with van der Waals surface area (Å²) in [5, 5.41) is 3.98. The number of carbonyl (C=O) groups excluding carboxylic acids is 1. The smallest absolute Gasteiger partial charge is 0.324 e. The average Bonchev–Trinajstić information content (AvgIpc) is 2.67. The van der Waals surface area contributed by atoms with Gasteiger partial charge in [-0.15, -0.1) is 0 Å². The molecule has 0 bridgehead atoms. The second kappa shape index (κ2) is 4.04. The third-order valence-electron chi connectivity index (χ3n) is 1.94. The maximum atomic E-state index is 11.1. The van der Waals surface area contributed by atoms with Gasteiger partial charge < -0.3 is 10.5 Å². The second-order valence-corrected chi connectivity index (χ2v) is 2.78. The van der Waals surface area contributed by atoms with E-state index in [0.29, 0.717) is 0 Å². The van der Waals surface area contributed by atoms with E-state index in [4.69, 9.17) is 5.73 Å². The first kappa shape index (κ1) is 9.73. The van der Waals surface area contributed by atoms with Crippen molar-refractivity contribution in [3.05, 3.63) is 18.5 Å². The Hall–Kier alpha value is -1.36. The Balaban J connectivity index is 2.68. The Morgan fingerprint density at radius 1 is 1.69 bits per heavy atom. The van der Waals surface area contributed by atoms with Crippen LogP contribution in [0.3, 0.4) is 0 Å². The molecule has 0 aliphatic carbocycles. The van der Waals surface area contributed by atoms with Crippen LogP contribution in [0.15, 0.2) is 18.5 Å². The Morgan fingerprint density at radius 3 is 2.85 bits per heavy atom. The highest BCUT2D eigenvalue weighted by atomic mass is 16.5. The zero-order chi connectivity index (χ0) is 9.84. The molecule has 0 saturated heterocycles. The van der Waals surface area contributed by atoms with Gasteiger partial charge in [-0.05, 0) is 13.0 Å². The van der Waals surface area contributed by atoms with Crippen LogP contribution in [0, 0.1) is 0 Å². The quantitative estimate of drug-likeness (QED) is 0.667. The van der Waals surface area contributed by atoms with Gasteiger partial charge in [-0.3, -0.25) is 9.48 Å². The van der Waals surface area contributed by atoms with Crippen LogP contribution in [-0.4, -0.2) is 28.9 Å². The normalized spacial score (nSPS) is 15.0. The van der Waals surface area contributed by atoms with Gasteiger partial charge >= 0.3 is 5.97 Å². The molecule has 1 heterocycles. The van der Waals surface area contributed by atoms with E-state index < -0.39 is 12.0 Å². The van der Waals surface area contributed by atoms with Crippen molar-refractivity contribution in [1.82, 2.24) is 9.78 Å². The number of hydrogen-bond acceptors (Lipinski definition) is 4. The highest BCUT2D eigenvalue weighted by molar-refractivity contribution is 5.75. The van der Waals surface area contributed by atoms with E-state index in [1.54, 1.807) is 23.1 Å². The van der Waals surface area contributed by atoms with Gasteiger partial charge in [0.25, 0.3) is 0 Å². The third kappa shape index (κ3) is 2.06. The fourth-order valence-electron chi connectivity index (χ4n) is 1.02. The van der Waals surface area contributed by atoms with Crippen molar-refractivity contribution >= 4 is 5.97 Å². The molecular weight excluding hydrogens is 170 g/mol. The summed E-state index contributed by atoms with van der Waals surface area (Å²) in [7, 11) is 1.32. The van der Waals surface area contributed by atoms with Crippen LogP contribution in [-0.2, 0) is 9.53 Å². The molecule has 5 heteroatoms. The molecular formula is C8H13N3O2. The first-order valence-corrected chi connectivity index (χ1v) is 3.99. The van der Waals surface area contributed by atoms with Gasteiger partial charge in [-0.1, -0.05) is 0 Å². The predicted octanol–water partition coefficient (Wildman–Crippen LogP) is -0.0556. The molecule has 0 saturated carbocycles. The van der Waals surface area contributed by atoms with Gasteiger partial charge in [-0.2, -0.15) is 5.10 Å². The van der Waals surface area contributed by atoms with Crippen LogP contribution in [0.5, 0.6) is 0 Å². The largest absolute Gasteiger partial charge is 0.468 e. The van der Waals surface area contributed by atoms with E-state index >= 15 is 0 Å². The Bertz CT molecular complexity index is 271. The van der Waals surface area contributed by atoms with Crippen LogP contribution < -0.4 is 5.73 Å². The van der Waals surface area contributed by atoms with E-state index in [1.807, 2.05) is 6.92 Å². The summed E-state index contributed by atoms with van der Waals surface area (Å²) in [6.07, 6.45) is 3.40. The molecule has 1 aromatic heterocycles. The fourth-order valence-corrected chi connectivity index (χ4v) is 1.02. The average molecular weight is 183 g/mol. The number of hydrogen-bond donors (Lipinski definition) is 1. The molecule has 0 amide bonds. The third-order valence-corrected chi connectivity index (χ3v) is 1.94. The van der Waals surface area contributed by atoms with E-state index in [9.17, 15) is 4.79 Å². The molecule has 5 nitrogen and oxygen atoms in total. The van der Waals surface area contributed by atoms with Gasteiger partial charge in [0.2, 0.25) is 0 Å². The number of aromatic nitrogens is 2. The molecule has 2 atom stereocenters. The van der Waals surface area contributed by atoms with Crippen molar-refractivity contribution in [2.45, 2.75) is 19.0 Å². The van der Waals surface area contributed by atoms with Gasteiger partial charge in [0.15, 0.2) is 0 Å². The molecule has 13 heavy (non-hydrogen) atoms. The van der Waals surface area contributed by atoms with Crippen LogP contribution in [0.1, 0.15) is 13.0 Å². The molecule has 0 aromatic carbocycles. The van der Waals surface area contributed by atoms with Crippen molar-refractivity contribution in [3.63, 3.8) is 0 Å². The van der Waals surface area contributed by atoms with E-state index in [0.717, 1.165) is 0 Å². The van der Waals surface area contributed by atoms with E-state index in [1.165, 1.54) is 7.11 Å². The minimum Gasteiger partial charge on any atom is -0.468 e. The fraction of sp³-hybridized carbons (Fsp3) is 0.500. The summed E-state index contributed by atoms with van der Waals surface area (Å²) in [5.74, 6) is -0.428. The topological polar surface area (TPSA) is 70.1 Å². The van der Waals surface area contributed by atoms with Crippen molar-refractivity contribution in [2.24, 2.45) is 5.73 Å². The Kier molecular flexibility index (Phi) is 3.02. The van der Waals surface area contributed by atoms with Crippen LogP contribution in [0.4, 0.5) is 0 Å². The number of ether oxygens (including phenoxy) is 1. The van der Waals surface area contributed by atoms with Gasteiger partial charge in [0.1, 0.15) is 6.04 Å². The molecule has 0 fully saturated rings. The second-order valence-electron chi connectivity index (χ2n) is 2.78. The first-order valence-electron chi connectivity index (χ1n) is 3.99. The minimum absolute atomic E-state index is 0.192. The lowest BCUT2D eigenvalue weighted by molar-refractivity contribution is -0.143. The molecule has 2 N–H and O–H groups in total. The van der Waals surface area contributed by atoms with Crippen molar-refractivity contribution in [3.8, 4) is 0 Å². The van der Waals surface area contributed by atoms with Crippen LogP contribution >= 0.6 is 0 Å². The lowest BCUT2D eigenvalue weighted by atomic mass is 10.1. The number of methoxy groups -OCH3 is 1. The van der Waals surface area contributed by atoms with Crippen molar-refractivity contribution in [1.29, 1.82) is 0 Å². The highest BCUT2D eigenvalue weighted by Crippen LogP contribution is 2.08. The van der Waals surface area contributed by atoms with E-state index in [-0.39, 0.29) is 6.04 Å². The summed E-state index contributed by atoms with van der Waals surface area (Å²) in [6, 6.07) is 0.910. The molecule has 0 aliphatic heterocycles.